The van der Waals surface area contributed by atoms with Crippen LogP contribution < -0.4 is 5.32 Å². The molecule has 0 radical (unpaired) electrons. The molecule has 0 aromatic heterocycles. The van der Waals surface area contributed by atoms with Gasteiger partial charge in [-0.2, -0.15) is 0 Å². The highest BCUT2D eigenvalue weighted by atomic mass is 32.2. The monoisotopic (exact) mass is 263 g/mol. The summed E-state index contributed by atoms with van der Waals surface area (Å²) in [6.07, 6.45) is 4.18. The fourth-order valence-electron chi connectivity index (χ4n) is 2.04. The lowest BCUT2D eigenvalue weighted by molar-refractivity contribution is -0.137. The molecule has 1 heterocycles. The molecule has 0 bridgehead atoms. The average Bonchev–Trinajstić information content (AvgIpc) is 2.27. The quantitative estimate of drug-likeness (QED) is 0.710. The van der Waals surface area contributed by atoms with Gasteiger partial charge in [0.25, 0.3) is 0 Å². The van der Waals surface area contributed by atoms with Crippen LogP contribution in [0, 0.1) is 0 Å². The van der Waals surface area contributed by atoms with Gasteiger partial charge in [-0.1, -0.05) is 6.42 Å². The van der Waals surface area contributed by atoms with Crippen LogP contribution in [0.15, 0.2) is 0 Å². The fourth-order valence-corrected chi connectivity index (χ4v) is 3.47. The summed E-state index contributed by atoms with van der Waals surface area (Å²) in [4.78, 5) is 10.3. The minimum atomic E-state index is -3.08. The Balaban J connectivity index is 2.21. The lowest BCUT2D eigenvalue weighted by Gasteiger charge is -2.23. The minimum absolute atomic E-state index is 0.00792. The van der Waals surface area contributed by atoms with E-state index in [1.54, 1.807) is 0 Å². The molecule has 100 valence electrons. The number of nitrogens with one attached hydrogen (secondary N) is 1. The molecule has 17 heavy (non-hydrogen) atoms. The number of sulfone groups is 1. The van der Waals surface area contributed by atoms with E-state index < -0.39 is 15.8 Å². The largest absolute Gasteiger partial charge is 0.481 e. The molecule has 1 atom stereocenters. The first-order valence-electron chi connectivity index (χ1n) is 6.15. The van der Waals surface area contributed by atoms with Crippen molar-refractivity contribution in [2.75, 3.05) is 18.1 Å². The topological polar surface area (TPSA) is 83.5 Å². The summed E-state index contributed by atoms with van der Waals surface area (Å²) < 4.78 is 23.3. The fraction of sp³-hybridized carbons (Fsp3) is 0.909. The van der Waals surface area contributed by atoms with Gasteiger partial charge >= 0.3 is 5.97 Å². The number of hydrogen-bond donors (Lipinski definition) is 2. The molecule has 0 spiro atoms. The Morgan fingerprint density at radius 2 is 2.06 bits per heavy atom. The third-order valence-electron chi connectivity index (χ3n) is 3.04. The number of aliphatic carboxylic acids is 1. The second-order valence-corrected chi connectivity index (χ2v) is 6.89. The zero-order chi connectivity index (χ0) is 12.7. The summed E-state index contributed by atoms with van der Waals surface area (Å²) >= 11 is 0. The molecular weight excluding hydrogens is 242 g/mol. The van der Waals surface area contributed by atoms with E-state index >= 15 is 0 Å². The van der Waals surface area contributed by atoms with Crippen LogP contribution in [0.3, 0.4) is 0 Å². The van der Waals surface area contributed by atoms with Gasteiger partial charge in [-0.3, -0.25) is 4.79 Å². The predicted molar refractivity (Wildman–Crippen MR) is 65.8 cm³/mol. The third kappa shape index (κ3) is 6.63. The molecule has 1 unspecified atom stereocenters. The van der Waals surface area contributed by atoms with Crippen LogP contribution in [-0.2, 0) is 14.6 Å². The second-order valence-electron chi connectivity index (χ2n) is 4.58. The van der Waals surface area contributed by atoms with E-state index in [0.29, 0.717) is 12.5 Å². The maximum Gasteiger partial charge on any atom is 0.303 e. The number of rotatable bonds is 7. The van der Waals surface area contributed by atoms with Crippen molar-refractivity contribution in [3.8, 4) is 0 Å². The Labute approximate surface area is 103 Å². The first-order valence-corrected chi connectivity index (χ1v) is 7.97. The molecule has 0 amide bonds. The maximum atomic E-state index is 11.6. The molecule has 2 N–H and O–H groups in total. The summed E-state index contributed by atoms with van der Waals surface area (Å²) in [5, 5.41) is 11.7. The van der Waals surface area contributed by atoms with Crippen molar-refractivity contribution in [1.29, 1.82) is 0 Å². The summed E-state index contributed by atoms with van der Waals surface area (Å²) in [5.74, 6) is -0.773. The Morgan fingerprint density at radius 1 is 1.29 bits per heavy atom. The van der Waals surface area contributed by atoms with Gasteiger partial charge < -0.3 is 10.4 Å². The van der Waals surface area contributed by atoms with E-state index in [1.165, 1.54) is 6.42 Å². The molecular formula is C11H21NO4S. The molecule has 1 rings (SSSR count). The highest BCUT2D eigenvalue weighted by molar-refractivity contribution is 7.91. The van der Waals surface area contributed by atoms with Crippen molar-refractivity contribution >= 4 is 15.8 Å². The zero-order valence-electron chi connectivity index (χ0n) is 10.0. The Hall–Kier alpha value is -0.620. The number of hydrogen-bond acceptors (Lipinski definition) is 4. The number of piperidine rings is 1. The van der Waals surface area contributed by atoms with Crippen LogP contribution in [-0.4, -0.2) is 43.6 Å². The van der Waals surface area contributed by atoms with Crippen molar-refractivity contribution in [1.82, 2.24) is 5.32 Å². The van der Waals surface area contributed by atoms with Gasteiger partial charge in [0.05, 0.1) is 11.5 Å². The van der Waals surface area contributed by atoms with Gasteiger partial charge in [0.15, 0.2) is 0 Å². The van der Waals surface area contributed by atoms with E-state index in [2.05, 4.69) is 5.32 Å². The molecule has 5 nitrogen and oxygen atoms in total. The third-order valence-corrected chi connectivity index (χ3v) is 4.80. The van der Waals surface area contributed by atoms with Crippen LogP contribution in [0.1, 0.15) is 38.5 Å². The molecule has 1 aliphatic heterocycles. The van der Waals surface area contributed by atoms with Crippen molar-refractivity contribution in [3.63, 3.8) is 0 Å². The number of carbonyl (C=O) groups is 1. The highest BCUT2D eigenvalue weighted by Crippen LogP contribution is 2.11. The van der Waals surface area contributed by atoms with Gasteiger partial charge in [-0.25, -0.2) is 8.42 Å². The lowest BCUT2D eigenvalue weighted by Crippen LogP contribution is -2.35. The average molecular weight is 263 g/mol. The van der Waals surface area contributed by atoms with E-state index in [4.69, 9.17) is 5.11 Å². The summed E-state index contributed by atoms with van der Waals surface area (Å²) in [7, 11) is -3.08. The predicted octanol–water partition coefficient (Wildman–Crippen LogP) is 0.798. The first-order chi connectivity index (χ1) is 7.99. The second kappa shape index (κ2) is 6.96. The standard InChI is InChI=1S/C11H21NO4S/c13-11(14)5-3-8-17(15,16)9-6-10-4-1-2-7-12-10/h10,12H,1-9H2,(H,13,14). The Kier molecular flexibility index (Phi) is 5.91. The van der Waals surface area contributed by atoms with Crippen LogP contribution in [0.25, 0.3) is 0 Å². The molecule has 0 aromatic carbocycles. The van der Waals surface area contributed by atoms with Crippen molar-refractivity contribution in [3.05, 3.63) is 0 Å². The molecule has 6 heteroatoms. The van der Waals surface area contributed by atoms with Crippen molar-refractivity contribution in [2.45, 2.75) is 44.6 Å². The van der Waals surface area contributed by atoms with Gasteiger partial charge in [0.2, 0.25) is 0 Å². The zero-order valence-corrected chi connectivity index (χ0v) is 10.8. The molecule has 1 aliphatic rings. The van der Waals surface area contributed by atoms with Crippen LogP contribution >= 0.6 is 0 Å². The number of carboxylic acid groups (broad SMARTS) is 1. The van der Waals surface area contributed by atoms with Crippen LogP contribution in [0.5, 0.6) is 0 Å². The first kappa shape index (κ1) is 14.4. The lowest BCUT2D eigenvalue weighted by atomic mass is 10.0. The SMILES string of the molecule is O=C(O)CCCS(=O)(=O)CCC1CCCCN1. The Morgan fingerprint density at radius 3 is 2.65 bits per heavy atom. The van der Waals surface area contributed by atoms with E-state index in [1.807, 2.05) is 0 Å². The van der Waals surface area contributed by atoms with E-state index in [9.17, 15) is 13.2 Å². The Bertz CT molecular complexity index is 333. The van der Waals surface area contributed by atoms with Gasteiger partial charge in [-0.05, 0) is 32.2 Å². The molecule has 0 saturated carbocycles. The molecule has 0 aliphatic carbocycles. The number of carboxylic acids is 1. The van der Waals surface area contributed by atoms with Crippen molar-refractivity contribution < 1.29 is 18.3 Å². The van der Waals surface area contributed by atoms with E-state index in [0.717, 1.165) is 19.4 Å². The van der Waals surface area contributed by atoms with Crippen LogP contribution in [0.2, 0.25) is 0 Å². The summed E-state index contributed by atoms with van der Waals surface area (Å²) in [5.41, 5.74) is 0. The summed E-state index contributed by atoms with van der Waals surface area (Å²) in [6.45, 7) is 0.976. The minimum Gasteiger partial charge on any atom is -0.481 e. The molecule has 1 saturated heterocycles. The molecule has 1 fully saturated rings. The summed E-state index contributed by atoms with van der Waals surface area (Å²) in [6, 6.07) is 0.318. The van der Waals surface area contributed by atoms with Gasteiger partial charge in [0, 0.05) is 12.5 Å². The highest BCUT2D eigenvalue weighted by Gasteiger charge is 2.17. The van der Waals surface area contributed by atoms with Gasteiger partial charge in [-0.15, -0.1) is 0 Å². The smallest absolute Gasteiger partial charge is 0.303 e. The van der Waals surface area contributed by atoms with Crippen LogP contribution in [0.4, 0.5) is 0 Å². The van der Waals surface area contributed by atoms with Gasteiger partial charge in [0.1, 0.15) is 9.84 Å². The van der Waals surface area contributed by atoms with E-state index in [-0.39, 0.29) is 24.3 Å². The van der Waals surface area contributed by atoms with Crippen molar-refractivity contribution in [2.24, 2.45) is 0 Å². The maximum absolute atomic E-state index is 11.6. The normalized spacial score (nSPS) is 21.3. The molecule has 0 aromatic rings.